The topological polar surface area (TPSA) is 56.8 Å². The Balaban J connectivity index is 1.71. The van der Waals surface area contributed by atoms with Gasteiger partial charge >= 0.3 is 0 Å². The summed E-state index contributed by atoms with van der Waals surface area (Å²) in [7, 11) is 1.67. The number of nitrogens with one attached hydrogen (secondary N) is 1. The van der Waals surface area contributed by atoms with Gasteiger partial charge < -0.3 is 19.5 Å². The maximum atomic E-state index is 12.3. The van der Waals surface area contributed by atoms with Crippen molar-refractivity contribution in [3.63, 3.8) is 0 Å². The van der Waals surface area contributed by atoms with Gasteiger partial charge in [0.15, 0.2) is 0 Å². The van der Waals surface area contributed by atoms with Crippen molar-refractivity contribution in [2.75, 3.05) is 40.1 Å². The molecule has 0 radical (unpaired) electrons. The highest BCUT2D eigenvalue weighted by molar-refractivity contribution is 5.79. The number of carbonyl (C=O) groups excluding carboxylic acids is 1. The van der Waals surface area contributed by atoms with Gasteiger partial charge in [-0.1, -0.05) is 12.1 Å². The molecule has 2 aliphatic heterocycles. The third kappa shape index (κ3) is 3.67. The number of carbonyl (C=O) groups is 1. The van der Waals surface area contributed by atoms with Crippen LogP contribution in [0.15, 0.2) is 24.3 Å². The molecule has 1 N–H and O–H groups in total. The monoisotopic (exact) mass is 319 g/mol. The Hall–Kier alpha value is -1.59. The van der Waals surface area contributed by atoms with Gasteiger partial charge in [-0.2, -0.15) is 0 Å². The first-order chi connectivity index (χ1) is 11.2. The molecule has 5 nitrogen and oxygen atoms in total. The van der Waals surface area contributed by atoms with Crippen molar-refractivity contribution < 1.29 is 19.0 Å². The largest absolute Gasteiger partial charge is 0.497 e. The van der Waals surface area contributed by atoms with Crippen LogP contribution in [-0.4, -0.2) is 46.0 Å². The molecule has 0 aromatic heterocycles. The number of rotatable bonds is 5. The summed E-state index contributed by atoms with van der Waals surface area (Å²) in [4.78, 5) is 12.3. The van der Waals surface area contributed by atoms with Crippen LogP contribution in [0.4, 0.5) is 0 Å². The van der Waals surface area contributed by atoms with Crippen molar-refractivity contribution in [3.05, 3.63) is 29.8 Å². The number of methoxy groups -OCH3 is 1. The molecule has 1 aromatic rings. The molecule has 23 heavy (non-hydrogen) atoms. The average Bonchev–Trinajstić information content (AvgIpc) is 3.15. The summed E-state index contributed by atoms with van der Waals surface area (Å²) in [5, 5.41) is 3.16. The van der Waals surface area contributed by atoms with E-state index in [4.69, 9.17) is 14.2 Å². The Morgan fingerprint density at radius 1 is 1.22 bits per heavy atom. The Kier molecular flexibility index (Phi) is 5.18. The van der Waals surface area contributed by atoms with Gasteiger partial charge in [0.05, 0.1) is 19.6 Å². The summed E-state index contributed by atoms with van der Waals surface area (Å²) in [5.41, 5.74) is 1.18. The van der Waals surface area contributed by atoms with Crippen molar-refractivity contribution in [2.24, 2.45) is 5.92 Å². The molecule has 1 unspecified atom stereocenters. The van der Waals surface area contributed by atoms with Gasteiger partial charge in [0, 0.05) is 31.8 Å². The molecular weight excluding hydrogens is 294 g/mol. The summed E-state index contributed by atoms with van der Waals surface area (Å²) in [6, 6.07) is 8.18. The van der Waals surface area contributed by atoms with E-state index in [1.807, 2.05) is 12.1 Å². The second-order valence-corrected chi connectivity index (χ2v) is 6.40. The van der Waals surface area contributed by atoms with Gasteiger partial charge in [-0.3, -0.25) is 4.79 Å². The third-order valence-electron chi connectivity index (χ3n) is 5.05. The molecule has 0 spiro atoms. The molecule has 1 atom stereocenters. The minimum absolute atomic E-state index is 0.00255. The third-order valence-corrected chi connectivity index (χ3v) is 5.05. The van der Waals surface area contributed by atoms with Gasteiger partial charge in [-0.15, -0.1) is 0 Å². The Morgan fingerprint density at radius 2 is 1.96 bits per heavy atom. The summed E-state index contributed by atoms with van der Waals surface area (Å²) < 4.78 is 16.1. The van der Waals surface area contributed by atoms with Crippen LogP contribution in [-0.2, 0) is 19.7 Å². The number of hydrogen-bond donors (Lipinski definition) is 1. The maximum absolute atomic E-state index is 12.3. The van der Waals surface area contributed by atoms with Crippen LogP contribution >= 0.6 is 0 Å². The maximum Gasteiger partial charge on any atom is 0.225 e. The van der Waals surface area contributed by atoms with E-state index in [1.165, 1.54) is 5.56 Å². The van der Waals surface area contributed by atoms with E-state index in [9.17, 15) is 4.79 Å². The predicted octanol–water partition coefficient (Wildman–Crippen LogP) is 1.90. The molecule has 3 rings (SSSR count). The molecule has 1 amide bonds. The quantitative estimate of drug-likeness (QED) is 0.900. The average molecular weight is 319 g/mol. The van der Waals surface area contributed by atoms with Crippen molar-refractivity contribution in [1.29, 1.82) is 0 Å². The van der Waals surface area contributed by atoms with E-state index in [-0.39, 0.29) is 17.2 Å². The molecule has 5 heteroatoms. The normalized spacial score (nSPS) is 23.4. The van der Waals surface area contributed by atoms with Crippen molar-refractivity contribution in [3.8, 4) is 5.75 Å². The molecule has 126 valence electrons. The van der Waals surface area contributed by atoms with Crippen LogP contribution in [0.25, 0.3) is 0 Å². The lowest BCUT2D eigenvalue weighted by Crippen LogP contribution is -2.46. The molecule has 2 fully saturated rings. The predicted molar refractivity (Wildman–Crippen MR) is 86.7 cm³/mol. The summed E-state index contributed by atoms with van der Waals surface area (Å²) in [5.74, 6) is 0.965. The zero-order chi connectivity index (χ0) is 16.1. The summed E-state index contributed by atoms with van der Waals surface area (Å²) in [6.45, 7) is 3.35. The molecule has 0 bridgehead atoms. The van der Waals surface area contributed by atoms with Gasteiger partial charge in [-0.25, -0.2) is 0 Å². The highest BCUT2D eigenvalue weighted by Crippen LogP contribution is 2.35. The number of benzene rings is 1. The fourth-order valence-electron chi connectivity index (χ4n) is 3.42. The molecule has 2 aliphatic rings. The van der Waals surface area contributed by atoms with E-state index < -0.39 is 0 Å². The van der Waals surface area contributed by atoms with E-state index in [0.29, 0.717) is 19.8 Å². The number of ether oxygens (including phenoxy) is 3. The van der Waals surface area contributed by atoms with Crippen LogP contribution in [0.5, 0.6) is 5.75 Å². The van der Waals surface area contributed by atoms with E-state index in [1.54, 1.807) is 7.11 Å². The lowest BCUT2D eigenvalue weighted by molar-refractivity contribution is -0.125. The molecule has 0 aliphatic carbocycles. The first kappa shape index (κ1) is 16.3. The van der Waals surface area contributed by atoms with E-state index in [0.717, 1.165) is 38.2 Å². The first-order valence-electron chi connectivity index (χ1n) is 8.31. The molecule has 2 saturated heterocycles. The fourth-order valence-corrected chi connectivity index (χ4v) is 3.42. The minimum Gasteiger partial charge on any atom is -0.497 e. The van der Waals surface area contributed by atoms with E-state index >= 15 is 0 Å². The molecular formula is C18H25NO4. The van der Waals surface area contributed by atoms with Gasteiger partial charge in [-0.05, 0) is 37.0 Å². The summed E-state index contributed by atoms with van der Waals surface area (Å²) >= 11 is 0. The zero-order valence-electron chi connectivity index (χ0n) is 13.7. The molecule has 1 aromatic carbocycles. The summed E-state index contributed by atoms with van der Waals surface area (Å²) in [6.07, 6.45) is 2.66. The van der Waals surface area contributed by atoms with Crippen molar-refractivity contribution >= 4 is 5.91 Å². The second kappa shape index (κ2) is 7.32. The zero-order valence-corrected chi connectivity index (χ0v) is 13.7. The Morgan fingerprint density at radius 3 is 2.57 bits per heavy atom. The highest BCUT2D eigenvalue weighted by atomic mass is 16.5. The highest BCUT2D eigenvalue weighted by Gasteiger charge is 2.35. The second-order valence-electron chi connectivity index (χ2n) is 6.40. The molecule has 2 heterocycles. The van der Waals surface area contributed by atoms with Crippen LogP contribution < -0.4 is 10.1 Å². The number of hydrogen-bond acceptors (Lipinski definition) is 4. The molecule has 0 saturated carbocycles. The van der Waals surface area contributed by atoms with Crippen molar-refractivity contribution in [1.82, 2.24) is 5.32 Å². The first-order valence-corrected chi connectivity index (χ1v) is 8.31. The Bertz CT molecular complexity index is 516. The standard InChI is InChI=1S/C18H25NO4/c1-21-16-4-2-15(3-5-16)18(7-10-22-11-8-18)13-19-17(20)14-6-9-23-12-14/h2-5,14H,6-13H2,1H3,(H,19,20). The van der Waals surface area contributed by atoms with Crippen LogP contribution in [0.1, 0.15) is 24.8 Å². The fraction of sp³-hybridized carbons (Fsp3) is 0.611. The lowest BCUT2D eigenvalue weighted by Gasteiger charge is -2.38. The van der Waals surface area contributed by atoms with Crippen molar-refractivity contribution in [2.45, 2.75) is 24.7 Å². The van der Waals surface area contributed by atoms with Gasteiger partial charge in [0.2, 0.25) is 5.91 Å². The Labute approximate surface area is 137 Å². The lowest BCUT2D eigenvalue weighted by atomic mass is 9.74. The van der Waals surface area contributed by atoms with Crippen LogP contribution in [0.3, 0.4) is 0 Å². The van der Waals surface area contributed by atoms with Crippen LogP contribution in [0, 0.1) is 5.92 Å². The van der Waals surface area contributed by atoms with Gasteiger partial charge in [0.25, 0.3) is 0 Å². The van der Waals surface area contributed by atoms with E-state index in [2.05, 4.69) is 17.4 Å². The number of amides is 1. The smallest absolute Gasteiger partial charge is 0.225 e. The SMILES string of the molecule is COc1ccc(C2(CNC(=O)C3CCOC3)CCOCC2)cc1. The minimum atomic E-state index is -0.0559. The van der Waals surface area contributed by atoms with Gasteiger partial charge in [0.1, 0.15) is 5.75 Å². The van der Waals surface area contributed by atoms with Crippen LogP contribution in [0.2, 0.25) is 0 Å².